The molecule has 2 aromatic heterocycles. The Bertz CT molecular complexity index is 945. The number of hydrogen-bond donors (Lipinski definition) is 4. The van der Waals surface area contributed by atoms with Gasteiger partial charge >= 0.3 is 0 Å². The Balaban J connectivity index is 1.65. The van der Waals surface area contributed by atoms with Crippen molar-refractivity contribution in [3.05, 3.63) is 30.6 Å². The van der Waals surface area contributed by atoms with E-state index in [0.29, 0.717) is 13.1 Å². The number of aliphatic hydroxyl groups is 1. The molecule has 1 unspecified atom stereocenters. The number of benzene rings is 1. The highest BCUT2D eigenvalue weighted by Gasteiger charge is 2.26. The van der Waals surface area contributed by atoms with E-state index in [1.807, 2.05) is 56.6 Å². The topological polar surface area (TPSA) is 95.7 Å². The predicted molar refractivity (Wildman–Crippen MR) is 113 cm³/mol. The van der Waals surface area contributed by atoms with Crippen LogP contribution in [0.1, 0.15) is 34.1 Å². The molecule has 28 heavy (non-hydrogen) atoms. The summed E-state index contributed by atoms with van der Waals surface area (Å²) < 4.78 is 7.63. The van der Waals surface area contributed by atoms with Gasteiger partial charge in [-0.1, -0.05) is 0 Å². The van der Waals surface area contributed by atoms with Crippen LogP contribution in [0.4, 0.5) is 11.5 Å². The molecule has 0 amide bonds. The van der Waals surface area contributed by atoms with Gasteiger partial charge in [-0.15, -0.1) is 0 Å². The lowest BCUT2D eigenvalue weighted by molar-refractivity contribution is -0.258. The molecule has 0 aliphatic rings. The first-order valence-corrected chi connectivity index (χ1v) is 9.54. The van der Waals surface area contributed by atoms with Gasteiger partial charge in [0.1, 0.15) is 0 Å². The van der Waals surface area contributed by atoms with Gasteiger partial charge in [0, 0.05) is 45.1 Å². The lowest BCUT2D eigenvalue weighted by Crippen LogP contribution is -2.49. The normalized spacial score (nSPS) is 14.4. The van der Waals surface area contributed by atoms with Crippen molar-refractivity contribution in [2.75, 3.05) is 30.8 Å². The Morgan fingerprint density at radius 1 is 1.18 bits per heavy atom. The summed E-state index contributed by atoms with van der Waals surface area (Å²) in [5, 5.41) is 19.8. The summed E-state index contributed by atoms with van der Waals surface area (Å²) in [7, 11) is 1.89. The Labute approximate surface area is 165 Å². The zero-order chi connectivity index (χ0) is 20.4. The van der Waals surface area contributed by atoms with Crippen molar-refractivity contribution in [3.8, 4) is 0 Å². The maximum atomic E-state index is 10.3. The minimum atomic E-state index is -1.36. The number of rotatable bonds is 8. The number of ether oxygens (including phenoxy) is 1. The van der Waals surface area contributed by atoms with Crippen molar-refractivity contribution in [1.82, 2.24) is 19.7 Å². The van der Waals surface area contributed by atoms with Crippen molar-refractivity contribution >= 4 is 28.2 Å². The van der Waals surface area contributed by atoms with Crippen molar-refractivity contribution in [3.63, 3.8) is 0 Å². The fourth-order valence-corrected chi connectivity index (χ4v) is 3.18. The molecule has 3 rings (SSSR count). The van der Waals surface area contributed by atoms with Crippen LogP contribution in [0.2, 0.25) is 0 Å². The summed E-state index contributed by atoms with van der Waals surface area (Å²) in [6.07, 6.45) is 4.50. The van der Waals surface area contributed by atoms with Crippen LogP contribution >= 0.6 is 0 Å². The maximum absolute atomic E-state index is 10.3. The number of fused-ring (bicyclic) bond motifs is 3. The molecule has 0 bridgehead atoms. The van der Waals surface area contributed by atoms with Crippen LogP contribution in [0.5, 0.6) is 0 Å². The maximum Gasteiger partial charge on any atom is 0.222 e. The van der Waals surface area contributed by atoms with Crippen LogP contribution in [-0.2, 0) is 4.74 Å². The molecule has 1 aromatic carbocycles. The molecular weight excluding hydrogens is 356 g/mol. The van der Waals surface area contributed by atoms with Crippen LogP contribution < -0.4 is 16.0 Å². The molecule has 0 saturated heterocycles. The van der Waals surface area contributed by atoms with Gasteiger partial charge in [0.15, 0.2) is 11.5 Å². The van der Waals surface area contributed by atoms with Gasteiger partial charge in [-0.2, -0.15) is 0 Å². The van der Waals surface area contributed by atoms with E-state index in [0.717, 1.165) is 34.6 Å². The SMILES string of the molecule is CNc1ccc2c(c1)nc(NCCCNC(C)(O)OC(C)(C)C)c1nccn12. The van der Waals surface area contributed by atoms with E-state index in [9.17, 15) is 5.11 Å². The van der Waals surface area contributed by atoms with E-state index < -0.39 is 11.5 Å². The summed E-state index contributed by atoms with van der Waals surface area (Å²) in [6.45, 7) is 8.62. The number of aromatic nitrogens is 3. The second-order valence-corrected chi connectivity index (χ2v) is 7.94. The van der Waals surface area contributed by atoms with E-state index in [-0.39, 0.29) is 0 Å². The van der Waals surface area contributed by atoms with Crippen LogP contribution in [0.3, 0.4) is 0 Å². The zero-order valence-electron chi connectivity index (χ0n) is 17.2. The molecule has 3 aromatic rings. The molecule has 0 saturated carbocycles. The van der Waals surface area contributed by atoms with Gasteiger partial charge in [0.25, 0.3) is 0 Å². The first kappa shape index (κ1) is 20.3. The fraction of sp³-hybridized carbons (Fsp3) is 0.500. The highest BCUT2D eigenvalue weighted by molar-refractivity contribution is 5.85. The Morgan fingerprint density at radius 2 is 1.96 bits per heavy atom. The lowest BCUT2D eigenvalue weighted by Gasteiger charge is -2.32. The standard InChI is InChI=1S/C20H30N6O2/c1-19(2,3)28-20(4,27)24-10-6-9-22-17-18-23-11-12-26(18)16-8-7-14(21-5)13-15(16)25-17/h7-8,11-13,21,24,27H,6,9-10H2,1-5H3,(H,22,25). The molecule has 0 aliphatic carbocycles. The minimum absolute atomic E-state index is 0.428. The summed E-state index contributed by atoms with van der Waals surface area (Å²) in [5.74, 6) is -0.622. The van der Waals surface area contributed by atoms with E-state index in [1.54, 1.807) is 13.1 Å². The Hall–Kier alpha value is -2.42. The predicted octanol–water partition coefficient (Wildman–Crippen LogP) is 2.80. The monoisotopic (exact) mass is 386 g/mol. The van der Waals surface area contributed by atoms with E-state index >= 15 is 0 Å². The fourth-order valence-electron chi connectivity index (χ4n) is 3.18. The molecule has 0 radical (unpaired) electrons. The van der Waals surface area contributed by atoms with Gasteiger partial charge in [-0.05, 0) is 45.4 Å². The van der Waals surface area contributed by atoms with Crippen LogP contribution in [0, 0.1) is 0 Å². The van der Waals surface area contributed by atoms with E-state index in [4.69, 9.17) is 9.72 Å². The van der Waals surface area contributed by atoms with Crippen molar-refractivity contribution in [2.45, 2.75) is 45.6 Å². The number of nitrogens with zero attached hydrogens (tertiary/aromatic N) is 3. The van der Waals surface area contributed by atoms with Crippen LogP contribution in [0.25, 0.3) is 16.7 Å². The third kappa shape index (κ3) is 4.89. The van der Waals surface area contributed by atoms with Crippen LogP contribution in [-0.4, -0.2) is 51.1 Å². The zero-order valence-corrected chi connectivity index (χ0v) is 17.2. The highest BCUT2D eigenvalue weighted by atomic mass is 16.7. The number of imidazole rings is 1. The molecule has 0 spiro atoms. The van der Waals surface area contributed by atoms with Crippen molar-refractivity contribution < 1.29 is 9.84 Å². The summed E-state index contributed by atoms with van der Waals surface area (Å²) in [4.78, 5) is 9.19. The third-order valence-corrected chi connectivity index (χ3v) is 4.21. The molecule has 2 heterocycles. The smallest absolute Gasteiger partial charge is 0.222 e. The van der Waals surface area contributed by atoms with E-state index in [2.05, 4.69) is 20.9 Å². The first-order chi connectivity index (χ1) is 13.2. The Kier molecular flexibility index (Phi) is 5.74. The molecule has 8 heteroatoms. The second kappa shape index (κ2) is 7.90. The third-order valence-electron chi connectivity index (χ3n) is 4.21. The minimum Gasteiger partial charge on any atom is -0.388 e. The molecule has 0 fully saturated rings. The van der Waals surface area contributed by atoms with Gasteiger partial charge in [-0.25, -0.2) is 9.97 Å². The lowest BCUT2D eigenvalue weighted by atomic mass is 10.2. The first-order valence-electron chi connectivity index (χ1n) is 9.54. The number of nitrogens with one attached hydrogen (secondary N) is 3. The number of hydrogen-bond acceptors (Lipinski definition) is 7. The summed E-state index contributed by atoms with van der Waals surface area (Å²) in [6, 6.07) is 6.07. The van der Waals surface area contributed by atoms with Crippen LogP contribution in [0.15, 0.2) is 30.6 Å². The van der Waals surface area contributed by atoms with Crippen molar-refractivity contribution in [1.29, 1.82) is 0 Å². The largest absolute Gasteiger partial charge is 0.388 e. The summed E-state index contributed by atoms with van der Waals surface area (Å²) >= 11 is 0. The van der Waals surface area contributed by atoms with Gasteiger partial charge in [0.2, 0.25) is 5.91 Å². The van der Waals surface area contributed by atoms with Gasteiger partial charge in [0.05, 0.1) is 16.6 Å². The average molecular weight is 387 g/mol. The quantitative estimate of drug-likeness (QED) is 0.349. The van der Waals surface area contributed by atoms with Gasteiger partial charge in [-0.3, -0.25) is 9.72 Å². The van der Waals surface area contributed by atoms with Gasteiger partial charge < -0.3 is 20.5 Å². The van der Waals surface area contributed by atoms with Crippen molar-refractivity contribution in [2.24, 2.45) is 0 Å². The Morgan fingerprint density at radius 3 is 2.68 bits per heavy atom. The molecule has 8 nitrogen and oxygen atoms in total. The number of anilines is 2. The highest BCUT2D eigenvalue weighted by Crippen LogP contribution is 2.23. The molecule has 1 atom stereocenters. The molecule has 0 aliphatic heterocycles. The molecule has 4 N–H and O–H groups in total. The second-order valence-electron chi connectivity index (χ2n) is 7.94. The molecular formula is C20H30N6O2. The van der Waals surface area contributed by atoms with E-state index in [1.165, 1.54) is 0 Å². The average Bonchev–Trinajstić information content (AvgIpc) is 3.08. The summed E-state index contributed by atoms with van der Waals surface area (Å²) in [5.41, 5.74) is 3.27. The molecule has 152 valence electrons.